The smallest absolute Gasteiger partial charge is 0.253 e. The maximum absolute atomic E-state index is 11.9. The number of nitrogens with zero attached hydrogens (tertiary/aromatic N) is 2. The predicted octanol–water partition coefficient (Wildman–Crippen LogP) is 3.36. The topological polar surface area (TPSA) is 75.2 Å². The lowest BCUT2D eigenvalue weighted by atomic mass is 10.0. The molecule has 5 heteroatoms. The minimum absolute atomic E-state index is 0.163. The van der Waals surface area contributed by atoms with E-state index in [-0.39, 0.29) is 17.0 Å². The number of nitriles is 1. The monoisotopic (exact) mass is 320 g/mol. The second kappa shape index (κ2) is 10.1. The Bertz CT molecular complexity index is 587. The van der Waals surface area contributed by atoms with Gasteiger partial charge in [0.15, 0.2) is 0 Å². The summed E-state index contributed by atoms with van der Waals surface area (Å²) in [6.45, 7) is 7.66. The summed E-state index contributed by atoms with van der Waals surface area (Å²) in [7, 11) is 0. The van der Waals surface area contributed by atoms with Crippen molar-refractivity contribution in [1.82, 2.24) is 4.57 Å². The standard InChI is InChI=1S/C18H28N2O3/c1-4-6-8-15(5-2)13-23-10-7-9-20-17(21)11-14(3)16(12-19)18(20)22/h11,15,22H,4-10,13H2,1-3H3. The molecule has 0 aliphatic heterocycles. The lowest BCUT2D eigenvalue weighted by molar-refractivity contribution is 0.0895. The van der Waals surface area contributed by atoms with Gasteiger partial charge in [0.2, 0.25) is 5.88 Å². The number of unbranched alkanes of at least 4 members (excludes halogenated alkanes) is 1. The van der Waals surface area contributed by atoms with Crippen LogP contribution in [0.4, 0.5) is 0 Å². The van der Waals surface area contributed by atoms with Gasteiger partial charge >= 0.3 is 0 Å². The molecule has 0 fully saturated rings. The molecule has 0 bridgehead atoms. The van der Waals surface area contributed by atoms with E-state index >= 15 is 0 Å². The van der Waals surface area contributed by atoms with Crippen LogP contribution in [0.1, 0.15) is 57.1 Å². The minimum atomic E-state index is -0.284. The van der Waals surface area contributed by atoms with E-state index in [2.05, 4.69) is 13.8 Å². The van der Waals surface area contributed by atoms with Gasteiger partial charge in [-0.2, -0.15) is 5.26 Å². The number of hydrogen-bond donors (Lipinski definition) is 1. The van der Waals surface area contributed by atoms with Crippen LogP contribution < -0.4 is 5.56 Å². The van der Waals surface area contributed by atoms with Crippen molar-refractivity contribution in [2.75, 3.05) is 13.2 Å². The summed E-state index contributed by atoms with van der Waals surface area (Å²) < 4.78 is 6.94. The fraction of sp³-hybridized carbons (Fsp3) is 0.667. The molecule has 23 heavy (non-hydrogen) atoms. The second-order valence-electron chi connectivity index (χ2n) is 5.97. The first-order chi connectivity index (χ1) is 11.0. The van der Waals surface area contributed by atoms with Crippen LogP contribution in [0.25, 0.3) is 0 Å². The van der Waals surface area contributed by atoms with Crippen LogP contribution in [0, 0.1) is 24.2 Å². The summed E-state index contributed by atoms with van der Waals surface area (Å²) in [5.74, 6) is 0.350. The first-order valence-electron chi connectivity index (χ1n) is 8.46. The van der Waals surface area contributed by atoms with Gasteiger partial charge in [-0.05, 0) is 31.2 Å². The molecule has 1 unspecified atom stereocenters. The molecule has 0 spiro atoms. The van der Waals surface area contributed by atoms with E-state index in [9.17, 15) is 9.90 Å². The maximum atomic E-state index is 11.9. The third kappa shape index (κ3) is 5.72. The van der Waals surface area contributed by atoms with Gasteiger partial charge in [0.05, 0.1) is 0 Å². The molecule has 0 aliphatic rings. The van der Waals surface area contributed by atoms with E-state index in [0.717, 1.165) is 13.0 Å². The van der Waals surface area contributed by atoms with E-state index in [1.807, 2.05) is 6.07 Å². The van der Waals surface area contributed by atoms with Crippen LogP contribution in [-0.4, -0.2) is 22.9 Å². The summed E-state index contributed by atoms with van der Waals surface area (Å²) in [4.78, 5) is 11.9. The van der Waals surface area contributed by atoms with Crippen molar-refractivity contribution in [3.63, 3.8) is 0 Å². The zero-order valence-electron chi connectivity index (χ0n) is 14.5. The summed E-state index contributed by atoms with van der Waals surface area (Å²) >= 11 is 0. The van der Waals surface area contributed by atoms with Crippen molar-refractivity contribution in [3.05, 3.63) is 27.5 Å². The van der Waals surface area contributed by atoms with Gasteiger partial charge in [-0.1, -0.05) is 33.1 Å². The van der Waals surface area contributed by atoms with Crippen molar-refractivity contribution in [1.29, 1.82) is 5.26 Å². The summed E-state index contributed by atoms with van der Waals surface area (Å²) in [5.41, 5.74) is 0.383. The van der Waals surface area contributed by atoms with E-state index in [0.29, 0.717) is 31.1 Å². The van der Waals surface area contributed by atoms with Crippen LogP contribution >= 0.6 is 0 Å². The highest BCUT2D eigenvalue weighted by Gasteiger charge is 2.12. The van der Waals surface area contributed by atoms with Crippen molar-refractivity contribution < 1.29 is 9.84 Å². The van der Waals surface area contributed by atoms with Gasteiger partial charge in [-0.15, -0.1) is 0 Å². The van der Waals surface area contributed by atoms with E-state index in [1.165, 1.54) is 29.9 Å². The first kappa shape index (κ1) is 19.2. The molecule has 0 saturated carbocycles. The molecule has 1 atom stereocenters. The van der Waals surface area contributed by atoms with Gasteiger partial charge in [0.1, 0.15) is 11.6 Å². The van der Waals surface area contributed by atoms with Crippen LogP contribution in [-0.2, 0) is 11.3 Å². The quantitative estimate of drug-likeness (QED) is 0.671. The number of aromatic hydroxyl groups is 1. The van der Waals surface area contributed by atoms with Gasteiger partial charge in [0, 0.05) is 25.8 Å². The Kier molecular flexibility index (Phi) is 8.42. The zero-order valence-corrected chi connectivity index (χ0v) is 14.5. The normalized spacial score (nSPS) is 12.1. The molecule has 0 saturated heterocycles. The molecule has 1 heterocycles. The molecule has 5 nitrogen and oxygen atoms in total. The van der Waals surface area contributed by atoms with E-state index in [1.54, 1.807) is 6.92 Å². The number of pyridine rings is 1. The molecule has 128 valence electrons. The molecule has 0 aromatic carbocycles. The number of aromatic nitrogens is 1. The van der Waals surface area contributed by atoms with Crippen molar-refractivity contribution in [2.24, 2.45) is 5.92 Å². The highest BCUT2D eigenvalue weighted by Crippen LogP contribution is 2.17. The number of ether oxygens (including phenoxy) is 1. The molecular weight excluding hydrogens is 292 g/mol. The van der Waals surface area contributed by atoms with Gasteiger partial charge in [-0.3, -0.25) is 9.36 Å². The number of hydrogen-bond acceptors (Lipinski definition) is 4. The average Bonchev–Trinajstić information content (AvgIpc) is 2.52. The third-order valence-electron chi connectivity index (χ3n) is 4.16. The lowest BCUT2D eigenvalue weighted by Crippen LogP contribution is -2.22. The molecule has 1 aromatic heterocycles. The summed E-state index contributed by atoms with van der Waals surface area (Å²) in [6, 6.07) is 3.32. The molecule has 0 amide bonds. The Labute approximate surface area is 138 Å². The van der Waals surface area contributed by atoms with Gasteiger partial charge in [-0.25, -0.2) is 0 Å². The molecule has 0 radical (unpaired) electrons. The second-order valence-corrected chi connectivity index (χ2v) is 5.97. The van der Waals surface area contributed by atoms with E-state index < -0.39 is 0 Å². The largest absolute Gasteiger partial charge is 0.493 e. The van der Waals surface area contributed by atoms with Crippen LogP contribution in [0.2, 0.25) is 0 Å². The Morgan fingerprint density at radius 2 is 2.13 bits per heavy atom. The highest BCUT2D eigenvalue weighted by molar-refractivity contribution is 5.43. The van der Waals surface area contributed by atoms with Gasteiger partial charge in [0.25, 0.3) is 5.56 Å². The fourth-order valence-electron chi connectivity index (χ4n) is 2.58. The molecule has 0 aliphatic carbocycles. The number of aryl methyl sites for hydroxylation is 1. The Hall–Kier alpha value is -1.80. The van der Waals surface area contributed by atoms with Crippen molar-refractivity contribution in [2.45, 2.75) is 59.4 Å². The summed E-state index contributed by atoms with van der Waals surface area (Å²) in [6.07, 6.45) is 5.37. The fourth-order valence-corrected chi connectivity index (χ4v) is 2.58. The Balaban J connectivity index is 2.48. The zero-order chi connectivity index (χ0) is 17.2. The molecule has 1 rings (SSSR count). The number of rotatable bonds is 10. The van der Waals surface area contributed by atoms with E-state index in [4.69, 9.17) is 10.00 Å². The SMILES string of the molecule is CCCCC(CC)COCCCn1c(O)c(C#N)c(C)cc1=O. The molecular formula is C18H28N2O3. The van der Waals surface area contributed by atoms with Crippen LogP contribution in [0.15, 0.2) is 10.9 Å². The lowest BCUT2D eigenvalue weighted by Gasteiger charge is -2.15. The Morgan fingerprint density at radius 1 is 1.39 bits per heavy atom. The third-order valence-corrected chi connectivity index (χ3v) is 4.16. The maximum Gasteiger partial charge on any atom is 0.253 e. The van der Waals surface area contributed by atoms with Gasteiger partial charge < -0.3 is 9.84 Å². The Morgan fingerprint density at radius 3 is 2.74 bits per heavy atom. The summed E-state index contributed by atoms with van der Waals surface area (Å²) in [5, 5.41) is 19.1. The van der Waals surface area contributed by atoms with Crippen molar-refractivity contribution >= 4 is 0 Å². The highest BCUT2D eigenvalue weighted by atomic mass is 16.5. The van der Waals surface area contributed by atoms with Crippen molar-refractivity contribution in [3.8, 4) is 11.9 Å². The molecule has 1 aromatic rings. The van der Waals surface area contributed by atoms with Crippen LogP contribution in [0.3, 0.4) is 0 Å². The minimum Gasteiger partial charge on any atom is -0.493 e. The first-order valence-corrected chi connectivity index (χ1v) is 8.46. The average molecular weight is 320 g/mol. The van der Waals surface area contributed by atoms with Crippen LogP contribution in [0.5, 0.6) is 5.88 Å². The molecule has 1 N–H and O–H groups in total. The predicted molar refractivity (Wildman–Crippen MR) is 90.6 cm³/mol.